The average molecular weight is 311 g/mol. The number of carbonyl (C=O) groups is 1. The molecule has 0 spiro atoms. The number of ketones is 1. The Kier molecular flexibility index (Phi) is 3.80. The lowest BCUT2D eigenvalue weighted by Crippen LogP contribution is -2.09. The number of nitrogens with zero attached hydrogens (tertiary/aromatic N) is 2. The Morgan fingerprint density at radius 1 is 1.04 bits per heavy atom. The zero-order valence-electron chi connectivity index (χ0n) is 11.8. The zero-order chi connectivity index (χ0) is 16.4. The van der Waals surface area contributed by atoms with Gasteiger partial charge in [-0.05, 0) is 30.3 Å². The van der Waals surface area contributed by atoms with Crippen molar-refractivity contribution in [3.05, 3.63) is 77.8 Å². The Bertz CT molecular complexity index is 882. The second kappa shape index (κ2) is 5.92. The topological polar surface area (TPSA) is 68.9 Å². The lowest BCUT2D eigenvalue weighted by atomic mass is 9.99. The van der Waals surface area contributed by atoms with E-state index in [9.17, 15) is 13.6 Å². The van der Waals surface area contributed by atoms with Gasteiger partial charge in [-0.25, -0.2) is 8.78 Å². The Morgan fingerprint density at radius 2 is 1.87 bits per heavy atom. The highest BCUT2D eigenvalue weighted by Crippen LogP contribution is 2.27. The number of hydrogen-bond donors (Lipinski definition) is 1. The molecule has 2 heterocycles. The van der Waals surface area contributed by atoms with E-state index < -0.39 is 17.4 Å². The van der Waals surface area contributed by atoms with E-state index in [1.165, 1.54) is 12.3 Å². The molecular weight excluding hydrogens is 300 g/mol. The maximum atomic E-state index is 13.8. The fourth-order valence-corrected chi connectivity index (χ4v) is 2.22. The van der Waals surface area contributed by atoms with E-state index in [2.05, 4.69) is 9.97 Å². The molecule has 3 aromatic rings. The summed E-state index contributed by atoms with van der Waals surface area (Å²) >= 11 is 0. The first-order valence-electron chi connectivity index (χ1n) is 6.72. The lowest BCUT2D eigenvalue weighted by molar-refractivity contribution is 0.103. The summed E-state index contributed by atoms with van der Waals surface area (Å²) in [5, 5.41) is 0. The second-order valence-corrected chi connectivity index (χ2v) is 4.82. The highest BCUT2D eigenvalue weighted by Gasteiger charge is 2.19. The number of carbonyl (C=O) groups excluding carboxylic acids is 1. The molecule has 0 saturated heterocycles. The summed E-state index contributed by atoms with van der Waals surface area (Å²) in [6, 6.07) is 7.64. The third-order valence-electron chi connectivity index (χ3n) is 3.35. The van der Waals surface area contributed by atoms with Crippen molar-refractivity contribution < 1.29 is 13.6 Å². The second-order valence-electron chi connectivity index (χ2n) is 4.82. The van der Waals surface area contributed by atoms with Gasteiger partial charge in [-0.1, -0.05) is 0 Å². The Labute approximate surface area is 130 Å². The molecule has 0 aliphatic rings. The van der Waals surface area contributed by atoms with Gasteiger partial charge in [0.15, 0.2) is 5.78 Å². The summed E-state index contributed by atoms with van der Waals surface area (Å²) in [7, 11) is 0. The van der Waals surface area contributed by atoms with Crippen molar-refractivity contribution in [2.75, 3.05) is 5.73 Å². The van der Waals surface area contributed by atoms with Crippen LogP contribution >= 0.6 is 0 Å². The van der Waals surface area contributed by atoms with Crippen molar-refractivity contribution >= 4 is 11.5 Å². The van der Waals surface area contributed by atoms with Crippen LogP contribution in [0.2, 0.25) is 0 Å². The van der Waals surface area contributed by atoms with Gasteiger partial charge in [0.05, 0.1) is 16.9 Å². The molecule has 0 bridgehead atoms. The van der Waals surface area contributed by atoms with Crippen molar-refractivity contribution in [1.82, 2.24) is 9.97 Å². The van der Waals surface area contributed by atoms with Crippen LogP contribution in [0, 0.1) is 11.6 Å². The van der Waals surface area contributed by atoms with E-state index in [0.29, 0.717) is 17.3 Å². The molecule has 0 atom stereocenters. The fourth-order valence-electron chi connectivity index (χ4n) is 2.22. The van der Waals surface area contributed by atoms with Crippen LogP contribution in [0.25, 0.3) is 11.3 Å². The van der Waals surface area contributed by atoms with Gasteiger partial charge in [0.1, 0.15) is 11.6 Å². The molecule has 0 aliphatic heterocycles. The molecule has 2 N–H and O–H groups in total. The molecule has 1 aromatic carbocycles. The molecule has 0 radical (unpaired) electrons. The number of rotatable bonds is 3. The summed E-state index contributed by atoms with van der Waals surface area (Å²) in [4.78, 5) is 20.6. The number of anilines is 1. The van der Waals surface area contributed by atoms with Gasteiger partial charge in [0.25, 0.3) is 0 Å². The SMILES string of the molecule is Nc1c(C(=O)c2ccc(F)cc2F)ccnc1-c1cccnc1. The van der Waals surface area contributed by atoms with E-state index in [-0.39, 0.29) is 16.8 Å². The van der Waals surface area contributed by atoms with Gasteiger partial charge in [-0.15, -0.1) is 0 Å². The van der Waals surface area contributed by atoms with E-state index in [1.807, 2.05) is 0 Å². The number of aromatic nitrogens is 2. The van der Waals surface area contributed by atoms with E-state index in [4.69, 9.17) is 5.73 Å². The molecule has 0 unspecified atom stereocenters. The summed E-state index contributed by atoms with van der Waals surface area (Å²) in [6.45, 7) is 0. The smallest absolute Gasteiger partial charge is 0.198 e. The maximum absolute atomic E-state index is 13.8. The van der Waals surface area contributed by atoms with Gasteiger partial charge in [-0.3, -0.25) is 14.8 Å². The van der Waals surface area contributed by atoms with Crippen molar-refractivity contribution in [3.8, 4) is 11.3 Å². The van der Waals surface area contributed by atoms with Gasteiger partial charge in [0.2, 0.25) is 0 Å². The zero-order valence-corrected chi connectivity index (χ0v) is 11.8. The van der Waals surface area contributed by atoms with E-state index in [1.54, 1.807) is 24.5 Å². The number of benzene rings is 1. The third-order valence-corrected chi connectivity index (χ3v) is 3.35. The fraction of sp³-hybridized carbons (Fsp3) is 0. The highest BCUT2D eigenvalue weighted by molar-refractivity contribution is 6.13. The van der Waals surface area contributed by atoms with Crippen molar-refractivity contribution in [2.45, 2.75) is 0 Å². The van der Waals surface area contributed by atoms with Crippen LogP contribution in [0.3, 0.4) is 0 Å². The molecule has 114 valence electrons. The van der Waals surface area contributed by atoms with Crippen LogP contribution in [-0.4, -0.2) is 15.8 Å². The summed E-state index contributed by atoms with van der Waals surface area (Å²) in [5.41, 5.74) is 7.02. The average Bonchev–Trinajstić information content (AvgIpc) is 2.55. The monoisotopic (exact) mass is 311 g/mol. The normalized spacial score (nSPS) is 10.5. The van der Waals surface area contributed by atoms with Crippen LogP contribution in [0.1, 0.15) is 15.9 Å². The minimum Gasteiger partial charge on any atom is -0.396 e. The Morgan fingerprint density at radius 3 is 2.57 bits per heavy atom. The molecule has 23 heavy (non-hydrogen) atoms. The van der Waals surface area contributed by atoms with Gasteiger partial charge in [0, 0.05) is 35.8 Å². The number of nitrogen functional groups attached to an aromatic ring is 1. The van der Waals surface area contributed by atoms with Crippen LogP contribution in [-0.2, 0) is 0 Å². The third kappa shape index (κ3) is 2.78. The Balaban J connectivity index is 2.09. The van der Waals surface area contributed by atoms with Crippen LogP contribution < -0.4 is 5.73 Å². The number of hydrogen-bond acceptors (Lipinski definition) is 4. The molecule has 4 nitrogen and oxygen atoms in total. The highest BCUT2D eigenvalue weighted by atomic mass is 19.1. The predicted molar refractivity (Wildman–Crippen MR) is 81.7 cm³/mol. The van der Waals surface area contributed by atoms with Crippen LogP contribution in [0.4, 0.5) is 14.5 Å². The van der Waals surface area contributed by atoms with Crippen LogP contribution in [0.5, 0.6) is 0 Å². The quantitative estimate of drug-likeness (QED) is 0.754. The number of pyridine rings is 2. The van der Waals surface area contributed by atoms with Crippen molar-refractivity contribution in [1.29, 1.82) is 0 Å². The van der Waals surface area contributed by atoms with Gasteiger partial charge >= 0.3 is 0 Å². The van der Waals surface area contributed by atoms with E-state index >= 15 is 0 Å². The first kappa shape index (κ1) is 14.8. The molecule has 0 fully saturated rings. The molecular formula is C17H11F2N3O. The minimum atomic E-state index is -0.936. The first-order chi connectivity index (χ1) is 11.1. The minimum absolute atomic E-state index is 0.101. The standard InChI is InChI=1S/C17H11F2N3O/c18-11-3-4-12(14(19)8-11)17(23)13-5-7-22-16(15(13)20)10-2-1-6-21-9-10/h1-9H,20H2. The molecule has 0 saturated carbocycles. The van der Waals surface area contributed by atoms with Crippen molar-refractivity contribution in [3.63, 3.8) is 0 Å². The lowest BCUT2D eigenvalue weighted by Gasteiger charge is -2.10. The number of halogens is 2. The predicted octanol–water partition coefficient (Wildman–Crippen LogP) is 3.24. The summed E-state index contributed by atoms with van der Waals surface area (Å²) < 4.78 is 26.8. The molecule has 3 rings (SSSR count). The van der Waals surface area contributed by atoms with E-state index in [0.717, 1.165) is 12.1 Å². The largest absolute Gasteiger partial charge is 0.396 e. The molecule has 0 aliphatic carbocycles. The maximum Gasteiger partial charge on any atom is 0.198 e. The van der Waals surface area contributed by atoms with Gasteiger partial charge < -0.3 is 5.73 Å². The summed E-state index contributed by atoms with van der Waals surface area (Å²) in [6.07, 6.45) is 4.57. The van der Waals surface area contributed by atoms with Crippen molar-refractivity contribution in [2.24, 2.45) is 0 Å². The molecule has 2 aromatic heterocycles. The van der Waals surface area contributed by atoms with Gasteiger partial charge in [-0.2, -0.15) is 0 Å². The number of nitrogens with two attached hydrogens (primary N) is 1. The van der Waals surface area contributed by atoms with Crippen LogP contribution in [0.15, 0.2) is 55.0 Å². The molecule has 0 amide bonds. The Hall–Kier alpha value is -3.15. The molecule has 6 heteroatoms. The summed E-state index contributed by atoms with van der Waals surface area (Å²) in [5.74, 6) is -2.32. The first-order valence-corrected chi connectivity index (χ1v) is 6.72.